The number of pyridine rings is 1. The molecule has 0 fully saturated rings. The highest BCUT2D eigenvalue weighted by Crippen LogP contribution is 2.15. The average Bonchev–Trinajstić information content (AvgIpc) is 2.08. The Hall–Kier alpha value is -0.360. The Balaban J connectivity index is 2.41. The summed E-state index contributed by atoms with van der Waals surface area (Å²) in [5.41, 5.74) is 0. The van der Waals surface area contributed by atoms with Gasteiger partial charge in [0.1, 0.15) is 6.61 Å². The highest BCUT2D eigenvalue weighted by Gasteiger charge is 2.00. The Morgan fingerprint density at radius 3 is 2.92 bits per heavy atom. The average molecular weight is 292 g/mol. The van der Waals surface area contributed by atoms with Gasteiger partial charge in [-0.1, -0.05) is 0 Å². The lowest BCUT2D eigenvalue weighted by molar-refractivity contribution is 0.252. The third-order valence-corrected chi connectivity index (χ3v) is 2.32. The number of halogens is 1. The molecule has 0 bridgehead atoms. The van der Waals surface area contributed by atoms with Gasteiger partial charge in [0.05, 0.1) is 3.57 Å². The van der Waals surface area contributed by atoms with Gasteiger partial charge in [-0.2, -0.15) is 0 Å². The zero-order valence-electron chi connectivity index (χ0n) is 7.83. The number of nitrogens with zero attached hydrogens (tertiary/aromatic N) is 2. The second kappa shape index (κ2) is 5.39. The van der Waals surface area contributed by atoms with Gasteiger partial charge in [-0.15, -0.1) is 0 Å². The van der Waals surface area contributed by atoms with E-state index < -0.39 is 0 Å². The number of ether oxygens (including phenoxy) is 1. The maximum absolute atomic E-state index is 5.49. The van der Waals surface area contributed by atoms with Crippen molar-refractivity contribution in [3.05, 3.63) is 21.9 Å². The van der Waals surface area contributed by atoms with Crippen LogP contribution in [0.3, 0.4) is 0 Å². The van der Waals surface area contributed by atoms with Crippen molar-refractivity contribution in [2.75, 3.05) is 27.2 Å². The maximum atomic E-state index is 5.49. The van der Waals surface area contributed by atoms with Crippen molar-refractivity contribution in [3.8, 4) is 5.88 Å². The van der Waals surface area contributed by atoms with Crippen molar-refractivity contribution in [1.82, 2.24) is 9.88 Å². The molecule has 0 aliphatic carbocycles. The fraction of sp³-hybridized carbons (Fsp3) is 0.444. The lowest BCUT2D eigenvalue weighted by Crippen LogP contribution is -2.19. The minimum atomic E-state index is 0.681. The largest absolute Gasteiger partial charge is 0.476 e. The van der Waals surface area contributed by atoms with E-state index >= 15 is 0 Å². The van der Waals surface area contributed by atoms with E-state index in [-0.39, 0.29) is 0 Å². The Morgan fingerprint density at radius 2 is 2.31 bits per heavy atom. The third-order valence-electron chi connectivity index (χ3n) is 1.50. The van der Waals surface area contributed by atoms with Crippen LogP contribution in [0.15, 0.2) is 18.3 Å². The standard InChI is InChI=1S/C9H13IN2O/c1-12(2)6-7-13-9-8(10)4-3-5-11-9/h3-5H,6-7H2,1-2H3. The smallest absolute Gasteiger partial charge is 0.227 e. The van der Waals surface area contributed by atoms with E-state index in [9.17, 15) is 0 Å². The first-order chi connectivity index (χ1) is 6.20. The number of aromatic nitrogens is 1. The molecule has 13 heavy (non-hydrogen) atoms. The topological polar surface area (TPSA) is 25.4 Å². The van der Waals surface area contributed by atoms with E-state index in [2.05, 4.69) is 32.5 Å². The maximum Gasteiger partial charge on any atom is 0.227 e. The van der Waals surface area contributed by atoms with Crippen LogP contribution in [0.5, 0.6) is 5.88 Å². The molecule has 0 saturated heterocycles. The Morgan fingerprint density at radius 1 is 1.54 bits per heavy atom. The molecule has 0 saturated carbocycles. The summed E-state index contributed by atoms with van der Waals surface area (Å²) in [5.74, 6) is 0.727. The van der Waals surface area contributed by atoms with E-state index in [0.29, 0.717) is 6.61 Å². The molecular weight excluding hydrogens is 279 g/mol. The molecule has 0 aliphatic heterocycles. The van der Waals surface area contributed by atoms with Crippen LogP contribution < -0.4 is 4.74 Å². The van der Waals surface area contributed by atoms with Gasteiger partial charge in [-0.3, -0.25) is 0 Å². The first-order valence-electron chi connectivity index (χ1n) is 4.08. The molecule has 0 N–H and O–H groups in total. The lowest BCUT2D eigenvalue weighted by Gasteiger charge is -2.10. The van der Waals surface area contributed by atoms with E-state index in [1.54, 1.807) is 6.20 Å². The monoisotopic (exact) mass is 292 g/mol. The van der Waals surface area contributed by atoms with Gasteiger partial charge >= 0.3 is 0 Å². The van der Waals surface area contributed by atoms with Gasteiger partial charge in [-0.25, -0.2) is 4.98 Å². The fourth-order valence-electron chi connectivity index (χ4n) is 0.802. The van der Waals surface area contributed by atoms with Gasteiger partial charge in [0.15, 0.2) is 0 Å². The second-order valence-electron chi connectivity index (χ2n) is 2.94. The zero-order valence-corrected chi connectivity index (χ0v) is 9.98. The van der Waals surface area contributed by atoms with E-state index in [4.69, 9.17) is 4.74 Å². The minimum absolute atomic E-state index is 0.681. The van der Waals surface area contributed by atoms with E-state index in [1.165, 1.54) is 0 Å². The summed E-state index contributed by atoms with van der Waals surface area (Å²) in [4.78, 5) is 6.21. The minimum Gasteiger partial charge on any atom is -0.476 e. The summed E-state index contributed by atoms with van der Waals surface area (Å²) < 4.78 is 6.54. The van der Waals surface area contributed by atoms with Crippen molar-refractivity contribution in [3.63, 3.8) is 0 Å². The van der Waals surface area contributed by atoms with Crippen molar-refractivity contribution < 1.29 is 4.74 Å². The predicted octanol–water partition coefficient (Wildman–Crippen LogP) is 1.63. The second-order valence-corrected chi connectivity index (χ2v) is 4.10. The molecule has 72 valence electrons. The third kappa shape index (κ3) is 3.91. The van der Waals surface area contributed by atoms with Crippen LogP contribution in [0.25, 0.3) is 0 Å². The highest BCUT2D eigenvalue weighted by molar-refractivity contribution is 14.1. The van der Waals surface area contributed by atoms with Crippen LogP contribution in [-0.4, -0.2) is 37.1 Å². The number of rotatable bonds is 4. The quantitative estimate of drug-likeness (QED) is 0.789. The van der Waals surface area contributed by atoms with Crippen molar-refractivity contribution in [2.45, 2.75) is 0 Å². The molecule has 0 amide bonds. The molecular formula is C9H13IN2O. The number of hydrogen-bond donors (Lipinski definition) is 0. The number of hydrogen-bond acceptors (Lipinski definition) is 3. The molecule has 0 radical (unpaired) electrons. The molecule has 1 aromatic heterocycles. The van der Waals surface area contributed by atoms with Gasteiger partial charge in [0.25, 0.3) is 0 Å². The predicted molar refractivity (Wildman–Crippen MR) is 61.0 cm³/mol. The molecule has 0 unspecified atom stereocenters. The molecule has 4 heteroatoms. The first-order valence-corrected chi connectivity index (χ1v) is 5.16. The Labute approximate surface area is 92.2 Å². The normalized spacial score (nSPS) is 10.5. The molecule has 1 heterocycles. The lowest BCUT2D eigenvalue weighted by atomic mass is 10.5. The van der Waals surface area contributed by atoms with Crippen molar-refractivity contribution in [1.29, 1.82) is 0 Å². The van der Waals surface area contributed by atoms with Crippen LogP contribution >= 0.6 is 22.6 Å². The van der Waals surface area contributed by atoms with Crippen LogP contribution in [0.4, 0.5) is 0 Å². The highest BCUT2D eigenvalue weighted by atomic mass is 127. The summed E-state index contributed by atoms with van der Waals surface area (Å²) in [6.07, 6.45) is 1.74. The Bertz CT molecular complexity index is 266. The van der Waals surface area contributed by atoms with Crippen LogP contribution in [0.2, 0.25) is 0 Å². The number of likely N-dealkylation sites (N-methyl/N-ethyl adjacent to an activating group) is 1. The molecule has 0 aliphatic rings. The van der Waals surface area contributed by atoms with Gasteiger partial charge < -0.3 is 9.64 Å². The summed E-state index contributed by atoms with van der Waals surface area (Å²) in [5, 5.41) is 0. The van der Waals surface area contributed by atoms with Gasteiger partial charge in [0.2, 0.25) is 5.88 Å². The van der Waals surface area contributed by atoms with Crippen LogP contribution in [-0.2, 0) is 0 Å². The SMILES string of the molecule is CN(C)CCOc1ncccc1I. The van der Waals surface area contributed by atoms with Crippen molar-refractivity contribution in [2.24, 2.45) is 0 Å². The van der Waals surface area contributed by atoms with Crippen LogP contribution in [0.1, 0.15) is 0 Å². The van der Waals surface area contributed by atoms with Gasteiger partial charge in [0, 0.05) is 12.7 Å². The zero-order chi connectivity index (χ0) is 9.68. The molecule has 0 aromatic carbocycles. The molecule has 1 rings (SSSR count). The van der Waals surface area contributed by atoms with Crippen molar-refractivity contribution >= 4 is 22.6 Å². The Kier molecular flexibility index (Phi) is 4.44. The molecule has 0 atom stereocenters. The summed E-state index contributed by atoms with van der Waals surface area (Å²) >= 11 is 2.22. The summed E-state index contributed by atoms with van der Waals surface area (Å²) in [7, 11) is 4.04. The molecule has 1 aromatic rings. The van der Waals surface area contributed by atoms with Crippen LogP contribution in [0, 0.1) is 3.57 Å². The van der Waals surface area contributed by atoms with Gasteiger partial charge in [-0.05, 0) is 48.8 Å². The van der Waals surface area contributed by atoms with E-state index in [0.717, 1.165) is 16.0 Å². The summed E-state index contributed by atoms with van der Waals surface area (Å²) in [6, 6.07) is 3.89. The molecule has 3 nitrogen and oxygen atoms in total. The first kappa shape index (κ1) is 10.7. The summed E-state index contributed by atoms with van der Waals surface area (Å²) in [6.45, 7) is 1.59. The fourth-order valence-corrected chi connectivity index (χ4v) is 1.30. The van der Waals surface area contributed by atoms with E-state index in [1.807, 2.05) is 26.2 Å². The molecule has 0 spiro atoms.